The van der Waals surface area contributed by atoms with Crippen LogP contribution in [-0.4, -0.2) is 25.0 Å². The maximum atomic E-state index is 12.1. The third-order valence-electron chi connectivity index (χ3n) is 7.65. The third-order valence-corrected chi connectivity index (χ3v) is 7.65. The Morgan fingerprint density at radius 2 is 1.89 bits per heavy atom. The molecule has 2 saturated carbocycles. The van der Waals surface area contributed by atoms with Gasteiger partial charge in [-0.2, -0.15) is 0 Å². The van der Waals surface area contributed by atoms with Gasteiger partial charge in [-0.05, 0) is 86.5 Å². The monoisotopic (exact) mass is 370 g/mol. The van der Waals surface area contributed by atoms with Gasteiger partial charge in [0.25, 0.3) is 0 Å². The first-order valence-corrected chi connectivity index (χ1v) is 10.2. The summed E-state index contributed by atoms with van der Waals surface area (Å²) in [5.41, 5.74) is 3.50. The lowest BCUT2D eigenvalue weighted by Crippen LogP contribution is -2.45. The molecule has 0 aliphatic heterocycles. The molecule has 2 fully saturated rings. The smallest absolute Gasteiger partial charge is 0.302 e. The fourth-order valence-corrected chi connectivity index (χ4v) is 6.39. The molecule has 27 heavy (non-hydrogen) atoms. The maximum absolute atomic E-state index is 12.1. The molecule has 1 aromatic carbocycles. The standard InChI is InChI=1S/C23H30O4/c1-13(24)18-12-19-15(11-21(18)26-4)5-6-17-16(19)9-10-23(3)20(17)7-8-22(23)27-14(2)25/h11-12,16-17,20,22H,5-10H2,1-4H3/t16-,17+,20-,22-,23+/m1/s1. The number of aryl methyl sites for hydroxylation is 1. The fraction of sp³-hybridized carbons (Fsp3) is 0.652. The van der Waals surface area contributed by atoms with Crippen LogP contribution in [0, 0.1) is 17.3 Å². The highest BCUT2D eigenvalue weighted by molar-refractivity contribution is 5.97. The average molecular weight is 370 g/mol. The summed E-state index contributed by atoms with van der Waals surface area (Å²) in [5.74, 6) is 2.33. The van der Waals surface area contributed by atoms with Gasteiger partial charge in [0.15, 0.2) is 5.78 Å². The van der Waals surface area contributed by atoms with Crippen LogP contribution in [0.25, 0.3) is 0 Å². The van der Waals surface area contributed by atoms with Crippen molar-refractivity contribution in [2.24, 2.45) is 17.3 Å². The number of ether oxygens (including phenoxy) is 2. The van der Waals surface area contributed by atoms with Gasteiger partial charge in [-0.3, -0.25) is 9.59 Å². The number of carbonyl (C=O) groups is 2. The van der Waals surface area contributed by atoms with Crippen LogP contribution in [0.4, 0.5) is 0 Å². The lowest BCUT2D eigenvalue weighted by Gasteiger charge is -2.50. The topological polar surface area (TPSA) is 52.6 Å². The van der Waals surface area contributed by atoms with Gasteiger partial charge in [0, 0.05) is 12.3 Å². The first-order valence-electron chi connectivity index (χ1n) is 10.2. The Morgan fingerprint density at radius 1 is 1.11 bits per heavy atom. The number of methoxy groups -OCH3 is 1. The van der Waals surface area contributed by atoms with Gasteiger partial charge in [-0.1, -0.05) is 6.92 Å². The van der Waals surface area contributed by atoms with Crippen molar-refractivity contribution < 1.29 is 19.1 Å². The summed E-state index contributed by atoms with van der Waals surface area (Å²) in [4.78, 5) is 23.7. The maximum Gasteiger partial charge on any atom is 0.302 e. The molecule has 0 unspecified atom stereocenters. The Bertz CT molecular complexity index is 783. The number of benzene rings is 1. The van der Waals surface area contributed by atoms with Gasteiger partial charge in [0.1, 0.15) is 11.9 Å². The van der Waals surface area contributed by atoms with E-state index in [2.05, 4.69) is 19.1 Å². The summed E-state index contributed by atoms with van der Waals surface area (Å²) >= 11 is 0. The van der Waals surface area contributed by atoms with Crippen LogP contribution in [0.5, 0.6) is 5.75 Å². The Balaban J connectivity index is 1.67. The quantitative estimate of drug-likeness (QED) is 0.572. The molecule has 146 valence electrons. The summed E-state index contributed by atoms with van der Waals surface area (Å²) in [7, 11) is 1.64. The number of fused-ring (bicyclic) bond motifs is 5. The highest BCUT2D eigenvalue weighted by atomic mass is 16.5. The molecule has 0 saturated heterocycles. The van der Waals surface area contributed by atoms with E-state index in [-0.39, 0.29) is 23.3 Å². The van der Waals surface area contributed by atoms with Crippen molar-refractivity contribution in [3.8, 4) is 5.75 Å². The summed E-state index contributed by atoms with van der Waals surface area (Å²) < 4.78 is 11.2. The molecule has 3 aliphatic carbocycles. The zero-order valence-corrected chi connectivity index (χ0v) is 16.8. The molecule has 3 aliphatic rings. The summed E-state index contributed by atoms with van der Waals surface area (Å²) in [6.45, 7) is 5.47. The van der Waals surface area contributed by atoms with Crippen molar-refractivity contribution >= 4 is 11.8 Å². The van der Waals surface area contributed by atoms with Gasteiger partial charge in [0.2, 0.25) is 0 Å². The van der Waals surface area contributed by atoms with E-state index in [9.17, 15) is 9.59 Å². The van der Waals surface area contributed by atoms with Gasteiger partial charge in [0.05, 0.1) is 12.7 Å². The molecule has 0 aromatic heterocycles. The molecule has 4 nitrogen and oxygen atoms in total. The molecular formula is C23H30O4. The highest BCUT2D eigenvalue weighted by Gasteiger charge is 2.56. The average Bonchev–Trinajstić information content (AvgIpc) is 2.96. The van der Waals surface area contributed by atoms with Crippen molar-refractivity contribution in [2.45, 2.75) is 71.3 Å². The van der Waals surface area contributed by atoms with E-state index in [1.54, 1.807) is 14.0 Å². The minimum Gasteiger partial charge on any atom is -0.496 e. The predicted molar refractivity (Wildman–Crippen MR) is 103 cm³/mol. The van der Waals surface area contributed by atoms with Gasteiger partial charge in [-0.15, -0.1) is 0 Å². The third kappa shape index (κ3) is 2.88. The number of ketones is 1. The summed E-state index contributed by atoms with van der Waals surface area (Å²) in [6.07, 6.45) is 6.58. The van der Waals surface area contributed by atoms with Crippen LogP contribution in [0.3, 0.4) is 0 Å². The molecule has 0 amide bonds. The van der Waals surface area contributed by atoms with Crippen LogP contribution >= 0.6 is 0 Å². The summed E-state index contributed by atoms with van der Waals surface area (Å²) in [6, 6.07) is 4.20. The second-order valence-corrected chi connectivity index (χ2v) is 8.94. The van der Waals surface area contributed by atoms with Crippen molar-refractivity contribution in [3.05, 3.63) is 28.8 Å². The molecule has 4 rings (SSSR count). The van der Waals surface area contributed by atoms with E-state index in [4.69, 9.17) is 9.47 Å². The van der Waals surface area contributed by atoms with Crippen molar-refractivity contribution in [2.75, 3.05) is 7.11 Å². The summed E-state index contributed by atoms with van der Waals surface area (Å²) in [5, 5.41) is 0. The zero-order valence-electron chi connectivity index (χ0n) is 16.8. The number of rotatable bonds is 3. The van der Waals surface area contributed by atoms with E-state index < -0.39 is 0 Å². The Kier molecular flexibility index (Phi) is 4.56. The van der Waals surface area contributed by atoms with Crippen LogP contribution in [0.1, 0.15) is 80.3 Å². The molecule has 4 heteroatoms. The van der Waals surface area contributed by atoms with E-state index >= 15 is 0 Å². The van der Waals surface area contributed by atoms with Gasteiger partial charge < -0.3 is 9.47 Å². The zero-order chi connectivity index (χ0) is 19.3. The molecule has 0 bridgehead atoms. The van der Waals surface area contributed by atoms with E-state index in [0.717, 1.165) is 32.1 Å². The molecule has 0 spiro atoms. The van der Waals surface area contributed by atoms with E-state index in [0.29, 0.717) is 29.1 Å². The van der Waals surface area contributed by atoms with Crippen LogP contribution in [-0.2, 0) is 16.0 Å². The van der Waals surface area contributed by atoms with E-state index in [1.165, 1.54) is 24.5 Å². The molecular weight excluding hydrogens is 340 g/mol. The van der Waals surface area contributed by atoms with Gasteiger partial charge >= 0.3 is 5.97 Å². The number of esters is 1. The second kappa shape index (κ2) is 6.65. The number of hydrogen-bond acceptors (Lipinski definition) is 4. The SMILES string of the molecule is COc1cc2c(cc1C(C)=O)[C@@H]1CC[C@@]3(C)[C@H](CC[C@H]3OC(C)=O)[C@H]1CC2. The minimum absolute atomic E-state index is 0.0611. The minimum atomic E-state index is -0.156. The predicted octanol–water partition coefficient (Wildman–Crippen LogP) is 4.69. The second-order valence-electron chi connectivity index (χ2n) is 8.94. The first-order chi connectivity index (χ1) is 12.8. The van der Waals surface area contributed by atoms with Crippen molar-refractivity contribution in [1.29, 1.82) is 0 Å². The Morgan fingerprint density at radius 3 is 2.56 bits per heavy atom. The van der Waals surface area contributed by atoms with Crippen LogP contribution < -0.4 is 4.74 Å². The molecule has 5 atom stereocenters. The highest BCUT2D eigenvalue weighted by Crippen LogP contribution is 2.61. The van der Waals surface area contributed by atoms with Gasteiger partial charge in [-0.25, -0.2) is 0 Å². The molecule has 0 heterocycles. The van der Waals surface area contributed by atoms with Crippen LogP contribution in [0.2, 0.25) is 0 Å². The number of hydrogen-bond donors (Lipinski definition) is 0. The Hall–Kier alpha value is -1.84. The lowest BCUT2D eigenvalue weighted by molar-refractivity contribution is -0.154. The molecule has 0 radical (unpaired) electrons. The van der Waals surface area contributed by atoms with E-state index in [1.807, 2.05) is 0 Å². The number of carbonyl (C=O) groups excluding carboxylic acids is 2. The fourth-order valence-electron chi connectivity index (χ4n) is 6.39. The number of Topliss-reactive ketones (excluding diaryl/α,β-unsaturated/α-hetero) is 1. The normalized spacial score (nSPS) is 34.2. The molecule has 1 aromatic rings. The van der Waals surface area contributed by atoms with Crippen molar-refractivity contribution in [3.63, 3.8) is 0 Å². The van der Waals surface area contributed by atoms with Crippen molar-refractivity contribution in [1.82, 2.24) is 0 Å². The largest absolute Gasteiger partial charge is 0.496 e. The lowest BCUT2D eigenvalue weighted by atomic mass is 9.55. The molecule has 0 N–H and O–H groups in total. The first kappa shape index (κ1) is 18.5. The Labute approximate surface area is 161 Å². The van der Waals surface area contributed by atoms with Crippen LogP contribution in [0.15, 0.2) is 12.1 Å².